The lowest BCUT2D eigenvalue weighted by Crippen LogP contribution is -2.14. The highest BCUT2D eigenvalue weighted by molar-refractivity contribution is 5.20. The summed E-state index contributed by atoms with van der Waals surface area (Å²) in [7, 11) is 0. The van der Waals surface area contributed by atoms with Crippen LogP contribution in [0, 0.1) is 0 Å². The van der Waals surface area contributed by atoms with Crippen molar-refractivity contribution < 1.29 is 4.74 Å². The summed E-state index contributed by atoms with van der Waals surface area (Å²) in [6.07, 6.45) is 8.00. The second-order valence-corrected chi connectivity index (χ2v) is 4.87. The van der Waals surface area contributed by atoms with Gasteiger partial charge in [-0.05, 0) is 26.8 Å². The maximum atomic E-state index is 5.61. The highest BCUT2D eigenvalue weighted by Gasteiger charge is 2.05. The van der Waals surface area contributed by atoms with Gasteiger partial charge in [0.1, 0.15) is 0 Å². The van der Waals surface area contributed by atoms with Crippen LogP contribution < -0.4 is 10.1 Å². The number of aromatic nitrogens is 4. The van der Waals surface area contributed by atoms with Crippen LogP contribution in [0.4, 0.5) is 0 Å². The molecule has 0 fully saturated rings. The van der Waals surface area contributed by atoms with Gasteiger partial charge >= 0.3 is 0 Å². The lowest BCUT2D eigenvalue weighted by Gasteiger charge is -2.05. The molecular formula is C14H21N5O. The first-order valence-corrected chi connectivity index (χ1v) is 6.92. The van der Waals surface area contributed by atoms with Crippen molar-refractivity contribution in [1.82, 2.24) is 25.1 Å². The molecule has 0 radical (unpaired) electrons. The Balaban J connectivity index is 1.92. The fourth-order valence-corrected chi connectivity index (χ4v) is 1.66. The second-order valence-electron chi connectivity index (χ2n) is 4.87. The summed E-state index contributed by atoms with van der Waals surface area (Å²) in [5.41, 5.74) is 0.906. The lowest BCUT2D eigenvalue weighted by atomic mass is 10.4. The van der Waals surface area contributed by atoms with Crippen LogP contribution in [-0.4, -0.2) is 26.3 Å². The minimum Gasteiger partial charge on any atom is -0.434 e. The van der Waals surface area contributed by atoms with Gasteiger partial charge in [-0.1, -0.05) is 6.92 Å². The van der Waals surface area contributed by atoms with Gasteiger partial charge in [0.2, 0.25) is 5.88 Å². The third-order valence-electron chi connectivity index (χ3n) is 2.74. The molecule has 0 unspecified atom stereocenters. The molecule has 6 nitrogen and oxygen atoms in total. The summed E-state index contributed by atoms with van der Waals surface area (Å²) in [5.74, 6) is 1.15. The van der Waals surface area contributed by atoms with E-state index >= 15 is 0 Å². The van der Waals surface area contributed by atoms with Crippen LogP contribution in [0.15, 0.2) is 24.8 Å². The number of hydrogen-bond donors (Lipinski definition) is 1. The van der Waals surface area contributed by atoms with E-state index in [1.54, 1.807) is 18.6 Å². The topological polar surface area (TPSA) is 64.9 Å². The summed E-state index contributed by atoms with van der Waals surface area (Å²) in [6.45, 7) is 7.97. The molecule has 2 aromatic heterocycles. The highest BCUT2D eigenvalue weighted by Crippen LogP contribution is 2.18. The molecule has 6 heteroatoms. The average molecular weight is 275 g/mol. The Morgan fingerprint density at radius 1 is 1.25 bits per heavy atom. The SMILES string of the molecule is CCCNCc1cnc(Oc2cnn(C(C)C)c2)cn1. The molecule has 0 bridgehead atoms. The fraction of sp³-hybridized carbons (Fsp3) is 0.500. The van der Waals surface area contributed by atoms with Crippen LogP contribution in [0.5, 0.6) is 11.6 Å². The van der Waals surface area contributed by atoms with E-state index in [0.29, 0.717) is 17.7 Å². The number of nitrogens with one attached hydrogen (secondary N) is 1. The number of rotatable bonds is 7. The van der Waals surface area contributed by atoms with Crippen LogP contribution >= 0.6 is 0 Å². The van der Waals surface area contributed by atoms with Gasteiger partial charge < -0.3 is 10.1 Å². The molecule has 0 saturated carbocycles. The van der Waals surface area contributed by atoms with Crippen LogP contribution in [-0.2, 0) is 6.54 Å². The second kappa shape index (κ2) is 7.00. The molecule has 0 atom stereocenters. The van der Waals surface area contributed by atoms with Crippen molar-refractivity contribution in [3.8, 4) is 11.6 Å². The van der Waals surface area contributed by atoms with Gasteiger partial charge in [-0.15, -0.1) is 0 Å². The number of nitrogens with zero attached hydrogens (tertiary/aromatic N) is 4. The standard InChI is InChI=1S/C14H21N5O/c1-4-5-15-6-12-7-17-14(9-16-12)20-13-8-18-19(10-13)11(2)3/h7-11,15H,4-6H2,1-3H3. The first-order chi connectivity index (χ1) is 9.69. The van der Waals surface area contributed by atoms with E-state index in [1.165, 1.54) is 0 Å². The summed E-state index contributed by atoms with van der Waals surface area (Å²) < 4.78 is 7.45. The molecule has 0 amide bonds. The minimum atomic E-state index is 0.311. The normalized spacial score (nSPS) is 11.0. The van der Waals surface area contributed by atoms with Crippen molar-refractivity contribution in [2.24, 2.45) is 0 Å². The Morgan fingerprint density at radius 2 is 2.10 bits per heavy atom. The molecule has 0 spiro atoms. The predicted molar refractivity (Wildman–Crippen MR) is 76.7 cm³/mol. The van der Waals surface area contributed by atoms with E-state index in [1.807, 2.05) is 10.9 Å². The van der Waals surface area contributed by atoms with Crippen molar-refractivity contribution in [3.05, 3.63) is 30.5 Å². The van der Waals surface area contributed by atoms with E-state index in [0.717, 1.165) is 25.2 Å². The summed E-state index contributed by atoms with van der Waals surface area (Å²) in [5, 5.41) is 7.49. The van der Waals surface area contributed by atoms with Gasteiger partial charge in [0.25, 0.3) is 0 Å². The molecule has 0 aliphatic rings. The first-order valence-electron chi connectivity index (χ1n) is 6.92. The van der Waals surface area contributed by atoms with E-state index in [9.17, 15) is 0 Å². The van der Waals surface area contributed by atoms with E-state index in [2.05, 4.69) is 41.2 Å². The maximum Gasteiger partial charge on any atom is 0.238 e. The van der Waals surface area contributed by atoms with E-state index < -0.39 is 0 Å². The molecule has 20 heavy (non-hydrogen) atoms. The van der Waals surface area contributed by atoms with Gasteiger partial charge in [0.15, 0.2) is 5.75 Å². The number of ether oxygens (including phenoxy) is 1. The van der Waals surface area contributed by atoms with E-state index in [4.69, 9.17) is 4.74 Å². The Kier molecular flexibility index (Phi) is 5.06. The molecule has 0 aliphatic carbocycles. The van der Waals surface area contributed by atoms with Gasteiger partial charge in [0.05, 0.1) is 30.5 Å². The minimum absolute atomic E-state index is 0.311. The quantitative estimate of drug-likeness (QED) is 0.787. The van der Waals surface area contributed by atoms with Crippen molar-refractivity contribution in [1.29, 1.82) is 0 Å². The largest absolute Gasteiger partial charge is 0.434 e. The Bertz CT molecular complexity index is 521. The monoisotopic (exact) mass is 275 g/mol. The molecule has 0 saturated heterocycles. The van der Waals surface area contributed by atoms with Crippen molar-refractivity contribution >= 4 is 0 Å². The van der Waals surface area contributed by atoms with Gasteiger partial charge in [-0.3, -0.25) is 9.67 Å². The highest BCUT2D eigenvalue weighted by atomic mass is 16.5. The molecule has 2 aromatic rings. The van der Waals surface area contributed by atoms with Crippen molar-refractivity contribution in [2.45, 2.75) is 39.8 Å². The average Bonchev–Trinajstić information content (AvgIpc) is 2.90. The molecule has 0 aliphatic heterocycles. The molecule has 0 aromatic carbocycles. The van der Waals surface area contributed by atoms with Gasteiger partial charge in [-0.2, -0.15) is 5.10 Å². The molecule has 1 N–H and O–H groups in total. The van der Waals surface area contributed by atoms with Crippen LogP contribution in [0.1, 0.15) is 38.9 Å². The lowest BCUT2D eigenvalue weighted by molar-refractivity contribution is 0.455. The maximum absolute atomic E-state index is 5.61. The fourth-order valence-electron chi connectivity index (χ4n) is 1.66. The van der Waals surface area contributed by atoms with Crippen LogP contribution in [0.2, 0.25) is 0 Å². The third kappa shape index (κ3) is 4.03. The third-order valence-corrected chi connectivity index (χ3v) is 2.74. The Hall–Kier alpha value is -1.95. The molecule has 108 valence electrons. The Labute approximate surface area is 119 Å². The first kappa shape index (κ1) is 14.5. The molecule has 2 rings (SSSR count). The van der Waals surface area contributed by atoms with Crippen molar-refractivity contribution in [3.63, 3.8) is 0 Å². The summed E-state index contributed by atoms with van der Waals surface area (Å²) >= 11 is 0. The predicted octanol–water partition coefficient (Wildman–Crippen LogP) is 2.55. The van der Waals surface area contributed by atoms with Gasteiger partial charge in [-0.25, -0.2) is 4.98 Å². The molecular weight excluding hydrogens is 254 g/mol. The van der Waals surface area contributed by atoms with E-state index in [-0.39, 0.29) is 0 Å². The smallest absolute Gasteiger partial charge is 0.238 e. The summed E-state index contributed by atoms with van der Waals surface area (Å²) in [4.78, 5) is 8.56. The molecule has 2 heterocycles. The summed E-state index contributed by atoms with van der Waals surface area (Å²) in [6, 6.07) is 0.311. The van der Waals surface area contributed by atoms with Crippen LogP contribution in [0.3, 0.4) is 0 Å². The number of hydrogen-bond acceptors (Lipinski definition) is 5. The zero-order valence-corrected chi connectivity index (χ0v) is 12.2. The van der Waals surface area contributed by atoms with Crippen molar-refractivity contribution in [2.75, 3.05) is 6.54 Å². The van der Waals surface area contributed by atoms with Crippen LogP contribution in [0.25, 0.3) is 0 Å². The Morgan fingerprint density at radius 3 is 2.70 bits per heavy atom. The zero-order valence-electron chi connectivity index (χ0n) is 12.2. The van der Waals surface area contributed by atoms with Gasteiger partial charge in [0, 0.05) is 12.6 Å². The zero-order chi connectivity index (χ0) is 14.4.